The summed E-state index contributed by atoms with van der Waals surface area (Å²) in [4.78, 5) is 42.5. The summed E-state index contributed by atoms with van der Waals surface area (Å²) in [5, 5.41) is 0. The average molecular weight is 558 g/mol. The number of esters is 1. The Hall–Kier alpha value is -3.60. The van der Waals surface area contributed by atoms with E-state index in [1.165, 1.54) is 16.8 Å². The first kappa shape index (κ1) is 26.6. The molecule has 0 spiro atoms. The molecule has 0 bridgehead atoms. The molecule has 4 aliphatic rings. The Bertz CT molecular complexity index is 1580. The molecule has 11 heteroatoms. The summed E-state index contributed by atoms with van der Waals surface area (Å²) in [5.41, 5.74) is -0.669. The molecule has 1 aromatic carbocycles. The van der Waals surface area contributed by atoms with Crippen LogP contribution in [0.25, 0.3) is 5.69 Å². The molecule has 5 atom stereocenters. The average Bonchev–Trinajstić information content (AvgIpc) is 3.62. The van der Waals surface area contributed by atoms with Crippen LogP contribution in [0, 0.1) is 11.8 Å². The minimum atomic E-state index is -4.52. The number of hydrogen-bond acceptors (Lipinski definition) is 6. The zero-order chi connectivity index (χ0) is 28.7. The SMILES string of the molecule is CCOC(=O)c1cn(-c2ccc3c(c2)C(C)(C)C2OC2N3C)c(=O)n(C2CCC3C(C(F)(F)F)=CC=CC32)c1=O. The number of ether oxygens (including phenoxy) is 2. The molecule has 1 saturated heterocycles. The molecule has 40 heavy (non-hydrogen) atoms. The lowest BCUT2D eigenvalue weighted by atomic mass is 9.77. The molecule has 2 aliphatic heterocycles. The number of benzene rings is 1. The van der Waals surface area contributed by atoms with Crippen LogP contribution in [0.4, 0.5) is 18.9 Å². The maximum absolute atomic E-state index is 14.0. The second-order valence-corrected chi connectivity index (χ2v) is 11.4. The number of fused-ring (bicyclic) bond motifs is 3. The van der Waals surface area contributed by atoms with Gasteiger partial charge < -0.3 is 14.4 Å². The molecule has 3 heterocycles. The topological polar surface area (TPSA) is 86.1 Å². The molecule has 0 radical (unpaired) electrons. The van der Waals surface area contributed by atoms with Gasteiger partial charge in [-0.15, -0.1) is 0 Å². The number of carbonyl (C=O) groups is 1. The fourth-order valence-electron chi connectivity index (χ4n) is 6.76. The van der Waals surface area contributed by atoms with Gasteiger partial charge in [-0.1, -0.05) is 32.1 Å². The van der Waals surface area contributed by atoms with Crippen molar-refractivity contribution < 1.29 is 27.4 Å². The fraction of sp³-hybridized carbons (Fsp3) is 0.483. The Morgan fingerprint density at radius 1 is 1.20 bits per heavy atom. The molecule has 2 aromatic rings. The van der Waals surface area contributed by atoms with Gasteiger partial charge in [-0.05, 0) is 49.4 Å². The van der Waals surface area contributed by atoms with Crippen LogP contribution in [0.3, 0.4) is 0 Å². The maximum atomic E-state index is 14.0. The number of aromatic nitrogens is 2. The first-order chi connectivity index (χ1) is 18.9. The van der Waals surface area contributed by atoms with Crippen molar-refractivity contribution in [3.05, 3.63) is 80.2 Å². The van der Waals surface area contributed by atoms with Crippen LogP contribution in [0.1, 0.15) is 55.6 Å². The van der Waals surface area contributed by atoms with Crippen molar-refractivity contribution in [2.75, 3.05) is 18.6 Å². The number of epoxide rings is 1. The largest absolute Gasteiger partial charge is 0.462 e. The van der Waals surface area contributed by atoms with Gasteiger partial charge in [0.2, 0.25) is 0 Å². The Kier molecular flexibility index (Phi) is 5.96. The summed E-state index contributed by atoms with van der Waals surface area (Å²) >= 11 is 0. The smallest absolute Gasteiger partial charge is 0.412 e. The van der Waals surface area contributed by atoms with E-state index in [-0.39, 0.29) is 42.8 Å². The van der Waals surface area contributed by atoms with Crippen molar-refractivity contribution in [3.63, 3.8) is 0 Å². The quantitative estimate of drug-likeness (QED) is 0.413. The lowest BCUT2D eigenvalue weighted by Gasteiger charge is -2.35. The molecule has 2 fully saturated rings. The van der Waals surface area contributed by atoms with Gasteiger partial charge in [0.1, 0.15) is 11.7 Å². The third-order valence-corrected chi connectivity index (χ3v) is 8.86. The number of carbonyl (C=O) groups excluding carboxylic acids is 1. The molecule has 0 N–H and O–H groups in total. The number of alkyl halides is 3. The van der Waals surface area contributed by atoms with Gasteiger partial charge in [-0.25, -0.2) is 9.59 Å². The monoisotopic (exact) mass is 557 g/mol. The zero-order valence-electron chi connectivity index (χ0n) is 22.6. The van der Waals surface area contributed by atoms with Gasteiger partial charge >= 0.3 is 17.8 Å². The predicted molar refractivity (Wildman–Crippen MR) is 141 cm³/mol. The van der Waals surface area contributed by atoms with Crippen LogP contribution >= 0.6 is 0 Å². The molecule has 212 valence electrons. The van der Waals surface area contributed by atoms with E-state index in [0.717, 1.165) is 21.9 Å². The van der Waals surface area contributed by atoms with Crippen molar-refractivity contribution in [1.82, 2.24) is 9.13 Å². The van der Waals surface area contributed by atoms with E-state index >= 15 is 0 Å². The predicted octanol–water partition coefficient (Wildman–Crippen LogP) is 4.25. The number of anilines is 1. The van der Waals surface area contributed by atoms with Crippen molar-refractivity contribution in [1.29, 1.82) is 0 Å². The summed E-state index contributed by atoms with van der Waals surface area (Å²) in [5.74, 6) is -2.50. The summed E-state index contributed by atoms with van der Waals surface area (Å²) in [7, 11) is 1.93. The van der Waals surface area contributed by atoms with Crippen molar-refractivity contribution in [2.45, 2.75) is 63.6 Å². The summed E-state index contributed by atoms with van der Waals surface area (Å²) < 4.78 is 54.5. The van der Waals surface area contributed by atoms with E-state index in [1.807, 2.05) is 24.1 Å². The molecule has 1 aromatic heterocycles. The maximum Gasteiger partial charge on any atom is 0.412 e. The van der Waals surface area contributed by atoms with Gasteiger partial charge in [-0.2, -0.15) is 13.2 Å². The molecular weight excluding hydrogens is 527 g/mol. The van der Waals surface area contributed by atoms with Crippen molar-refractivity contribution in [3.8, 4) is 5.69 Å². The van der Waals surface area contributed by atoms with Crippen LogP contribution in [-0.2, 0) is 14.9 Å². The van der Waals surface area contributed by atoms with E-state index in [2.05, 4.69) is 13.8 Å². The summed E-state index contributed by atoms with van der Waals surface area (Å²) in [6.45, 7) is 5.72. The Morgan fingerprint density at radius 3 is 2.65 bits per heavy atom. The highest BCUT2D eigenvalue weighted by Crippen LogP contribution is 2.52. The number of nitrogens with zero attached hydrogens (tertiary/aromatic N) is 3. The summed E-state index contributed by atoms with van der Waals surface area (Å²) in [6.07, 6.45) is 0.951. The van der Waals surface area contributed by atoms with Crippen LogP contribution < -0.4 is 16.1 Å². The van der Waals surface area contributed by atoms with Crippen LogP contribution in [0.5, 0.6) is 0 Å². The summed E-state index contributed by atoms with van der Waals surface area (Å²) in [6, 6.07) is 4.58. The van der Waals surface area contributed by atoms with Crippen molar-refractivity contribution >= 4 is 11.7 Å². The Labute approximate surface area is 228 Å². The van der Waals surface area contributed by atoms with E-state index in [1.54, 1.807) is 19.1 Å². The van der Waals surface area contributed by atoms with E-state index in [0.29, 0.717) is 5.69 Å². The number of halogens is 3. The van der Waals surface area contributed by atoms with Gasteiger partial charge in [0.15, 0.2) is 6.23 Å². The molecule has 1 saturated carbocycles. The van der Waals surface area contributed by atoms with E-state index in [4.69, 9.17) is 9.47 Å². The van der Waals surface area contributed by atoms with Crippen LogP contribution in [0.2, 0.25) is 0 Å². The standard InChI is InChI=1S/C29H30F3N3O5/c1-5-39-26(37)18-14-34(15-9-11-22-20(13-15)28(2,3)23-25(40-23)33(22)4)27(38)35(24(18)36)21-12-10-16-17(21)7-6-8-19(16)29(30,31)32/h6-9,11,13-14,16-17,21,23,25H,5,10,12H2,1-4H3. The third kappa shape index (κ3) is 3.88. The zero-order valence-corrected chi connectivity index (χ0v) is 22.6. The number of rotatable bonds is 4. The van der Waals surface area contributed by atoms with E-state index in [9.17, 15) is 27.6 Å². The molecule has 8 nitrogen and oxygen atoms in total. The van der Waals surface area contributed by atoms with Gasteiger partial charge in [-0.3, -0.25) is 13.9 Å². The number of hydrogen-bond donors (Lipinski definition) is 0. The van der Waals surface area contributed by atoms with Gasteiger partial charge in [0, 0.05) is 41.9 Å². The number of likely N-dealkylation sites (N-methyl/N-ethyl adjacent to an activating group) is 1. The third-order valence-electron chi connectivity index (χ3n) is 8.86. The van der Waals surface area contributed by atoms with E-state index < -0.39 is 46.8 Å². The van der Waals surface area contributed by atoms with Crippen LogP contribution in [0.15, 0.2) is 57.8 Å². The molecule has 6 rings (SSSR count). The second-order valence-electron chi connectivity index (χ2n) is 11.4. The highest BCUT2D eigenvalue weighted by atomic mass is 19.4. The van der Waals surface area contributed by atoms with Gasteiger partial charge in [0.25, 0.3) is 5.56 Å². The fourth-order valence-corrected chi connectivity index (χ4v) is 6.76. The Morgan fingerprint density at radius 2 is 1.95 bits per heavy atom. The first-order valence-corrected chi connectivity index (χ1v) is 13.4. The minimum absolute atomic E-state index is 0.00985. The number of allylic oxidation sites excluding steroid dienone is 4. The minimum Gasteiger partial charge on any atom is -0.462 e. The first-order valence-electron chi connectivity index (χ1n) is 13.4. The molecule has 2 aliphatic carbocycles. The van der Waals surface area contributed by atoms with Gasteiger partial charge in [0.05, 0.1) is 12.3 Å². The van der Waals surface area contributed by atoms with Crippen molar-refractivity contribution in [2.24, 2.45) is 11.8 Å². The normalized spacial score (nSPS) is 27.9. The second kappa shape index (κ2) is 8.95. The lowest BCUT2D eigenvalue weighted by Crippen LogP contribution is -2.45. The lowest BCUT2D eigenvalue weighted by molar-refractivity contribution is -0.100. The molecular formula is C29H30F3N3O5. The molecule has 5 unspecified atom stereocenters. The highest BCUT2D eigenvalue weighted by molar-refractivity contribution is 5.88. The Balaban J connectivity index is 1.51. The van der Waals surface area contributed by atoms with Crippen LogP contribution in [-0.4, -0.2) is 47.3 Å². The highest BCUT2D eigenvalue weighted by Gasteiger charge is 2.57. The molecule has 0 amide bonds.